The van der Waals surface area contributed by atoms with Crippen LogP contribution in [-0.4, -0.2) is 22.5 Å². The first-order valence-electron chi connectivity index (χ1n) is 6.74. The third-order valence-electron chi connectivity index (χ3n) is 2.73. The zero-order valence-electron chi connectivity index (χ0n) is 12.1. The highest BCUT2D eigenvalue weighted by atomic mass is 16.2. The number of aromatic nitrogens is 1. The summed E-state index contributed by atoms with van der Waals surface area (Å²) in [6.45, 7) is 1.67. The molecule has 0 bridgehead atoms. The smallest absolute Gasteiger partial charge is 0.271 e. The zero-order valence-corrected chi connectivity index (χ0v) is 12.1. The van der Waals surface area contributed by atoms with Crippen molar-refractivity contribution in [1.82, 2.24) is 10.4 Å². The normalized spacial score (nSPS) is 10.9. The number of nitrogens with zero attached hydrogens (tertiary/aromatic N) is 2. The Morgan fingerprint density at radius 1 is 1.09 bits per heavy atom. The Kier molecular flexibility index (Phi) is 5.37. The molecule has 2 amide bonds. The molecule has 0 radical (unpaired) electrons. The molecule has 1 aromatic heterocycles. The molecule has 0 fully saturated rings. The molecule has 1 aromatic carbocycles. The minimum absolute atomic E-state index is 0.0750. The topological polar surface area (TPSA) is 83.4 Å². The summed E-state index contributed by atoms with van der Waals surface area (Å²) in [5.74, 6) is -0.0763. The summed E-state index contributed by atoms with van der Waals surface area (Å²) in [4.78, 5) is 27.6. The average Bonchev–Trinajstić information content (AvgIpc) is 2.54. The lowest BCUT2D eigenvalue weighted by Gasteiger charge is -2.04. The molecule has 0 aliphatic rings. The van der Waals surface area contributed by atoms with Gasteiger partial charge in [0.05, 0.1) is 6.42 Å². The minimum atomic E-state index is -0.315. The molecule has 0 atom stereocenters. The number of nitrogens with one attached hydrogen (secondary N) is 2. The summed E-state index contributed by atoms with van der Waals surface area (Å²) in [7, 11) is 0. The van der Waals surface area contributed by atoms with Crippen molar-refractivity contribution in [3.63, 3.8) is 0 Å². The molecule has 6 nitrogen and oxygen atoms in total. The Hall–Kier alpha value is -3.02. The SMILES string of the molecule is C/C(CC(=O)Nc1ccccn1)=N/NC(=O)c1ccccc1. The van der Waals surface area contributed by atoms with Crippen LogP contribution >= 0.6 is 0 Å². The molecule has 0 saturated heterocycles. The summed E-state index contributed by atoms with van der Waals surface area (Å²) >= 11 is 0. The van der Waals surface area contributed by atoms with Crippen molar-refractivity contribution in [2.75, 3.05) is 5.32 Å². The summed E-state index contributed by atoms with van der Waals surface area (Å²) in [5.41, 5.74) is 3.43. The van der Waals surface area contributed by atoms with E-state index in [0.717, 1.165) is 0 Å². The Morgan fingerprint density at radius 2 is 1.82 bits per heavy atom. The molecular formula is C16H16N4O2. The second-order valence-electron chi connectivity index (χ2n) is 4.59. The van der Waals surface area contributed by atoms with E-state index >= 15 is 0 Å². The first-order valence-corrected chi connectivity index (χ1v) is 6.74. The van der Waals surface area contributed by atoms with E-state index in [0.29, 0.717) is 17.1 Å². The first kappa shape index (κ1) is 15.4. The van der Waals surface area contributed by atoms with Crippen LogP contribution in [0.1, 0.15) is 23.7 Å². The van der Waals surface area contributed by atoms with E-state index in [2.05, 4.69) is 20.8 Å². The summed E-state index contributed by atoms with van der Waals surface area (Å²) in [6, 6.07) is 14.0. The highest BCUT2D eigenvalue weighted by Crippen LogP contribution is 2.01. The van der Waals surface area contributed by atoms with Crippen LogP contribution < -0.4 is 10.7 Å². The predicted octanol–water partition coefficient (Wildman–Crippen LogP) is 2.22. The predicted molar refractivity (Wildman–Crippen MR) is 84.5 cm³/mol. The van der Waals surface area contributed by atoms with Gasteiger partial charge in [0.2, 0.25) is 5.91 Å². The number of hydrogen-bond acceptors (Lipinski definition) is 4. The lowest BCUT2D eigenvalue weighted by Crippen LogP contribution is -2.21. The van der Waals surface area contributed by atoms with Crippen molar-refractivity contribution >= 4 is 23.3 Å². The maximum Gasteiger partial charge on any atom is 0.271 e. The van der Waals surface area contributed by atoms with Gasteiger partial charge in [0.25, 0.3) is 5.91 Å². The number of carbonyl (C=O) groups is 2. The highest BCUT2D eigenvalue weighted by molar-refractivity contribution is 6.05. The second-order valence-corrected chi connectivity index (χ2v) is 4.59. The molecule has 112 valence electrons. The molecule has 0 aliphatic carbocycles. The first-order chi connectivity index (χ1) is 10.6. The van der Waals surface area contributed by atoms with Gasteiger partial charge < -0.3 is 5.32 Å². The molecule has 22 heavy (non-hydrogen) atoms. The van der Waals surface area contributed by atoms with E-state index in [4.69, 9.17) is 0 Å². The van der Waals surface area contributed by atoms with Crippen molar-refractivity contribution in [3.05, 3.63) is 60.3 Å². The van der Waals surface area contributed by atoms with Gasteiger partial charge in [0.1, 0.15) is 5.82 Å². The maximum absolute atomic E-state index is 11.8. The molecule has 0 aliphatic heterocycles. The number of anilines is 1. The quantitative estimate of drug-likeness (QED) is 0.655. The molecule has 2 rings (SSSR count). The largest absolute Gasteiger partial charge is 0.310 e. The fourth-order valence-corrected chi connectivity index (χ4v) is 1.70. The van der Waals surface area contributed by atoms with Crippen molar-refractivity contribution in [1.29, 1.82) is 0 Å². The van der Waals surface area contributed by atoms with Crippen LogP contribution in [0, 0.1) is 0 Å². The fourth-order valence-electron chi connectivity index (χ4n) is 1.70. The molecular weight excluding hydrogens is 280 g/mol. The zero-order chi connectivity index (χ0) is 15.8. The number of hydrazone groups is 1. The maximum atomic E-state index is 11.8. The molecule has 2 aromatic rings. The van der Waals surface area contributed by atoms with E-state index < -0.39 is 0 Å². The Labute approximate surface area is 128 Å². The summed E-state index contributed by atoms with van der Waals surface area (Å²) in [5, 5.41) is 6.57. The van der Waals surface area contributed by atoms with Gasteiger partial charge in [-0.3, -0.25) is 9.59 Å². The number of hydrogen-bond donors (Lipinski definition) is 2. The van der Waals surface area contributed by atoms with Crippen molar-refractivity contribution < 1.29 is 9.59 Å². The van der Waals surface area contributed by atoms with Gasteiger partial charge in [0, 0.05) is 17.5 Å². The third-order valence-corrected chi connectivity index (χ3v) is 2.73. The highest BCUT2D eigenvalue weighted by Gasteiger charge is 2.06. The third kappa shape index (κ3) is 4.82. The standard InChI is InChI=1S/C16H16N4O2/c1-12(11-15(21)18-14-9-5-6-10-17-14)19-20-16(22)13-7-3-2-4-8-13/h2-10H,11H2,1H3,(H,20,22)(H,17,18,21)/b19-12-. The minimum Gasteiger partial charge on any atom is -0.310 e. The van der Waals surface area contributed by atoms with E-state index in [1.54, 1.807) is 55.6 Å². The summed E-state index contributed by atoms with van der Waals surface area (Å²) in [6.07, 6.45) is 1.67. The molecule has 0 unspecified atom stereocenters. The molecule has 0 spiro atoms. The van der Waals surface area contributed by atoms with Gasteiger partial charge in [-0.15, -0.1) is 0 Å². The monoisotopic (exact) mass is 296 g/mol. The van der Waals surface area contributed by atoms with E-state index in [1.165, 1.54) is 0 Å². The summed E-state index contributed by atoms with van der Waals surface area (Å²) < 4.78 is 0. The van der Waals surface area contributed by atoms with Crippen LogP contribution in [0.3, 0.4) is 0 Å². The van der Waals surface area contributed by atoms with Crippen LogP contribution in [0.2, 0.25) is 0 Å². The number of rotatable bonds is 5. The fraction of sp³-hybridized carbons (Fsp3) is 0.125. The lowest BCUT2D eigenvalue weighted by molar-refractivity contribution is -0.115. The number of amides is 2. The second kappa shape index (κ2) is 7.68. The Bertz CT molecular complexity index is 669. The van der Waals surface area contributed by atoms with Gasteiger partial charge in [-0.1, -0.05) is 24.3 Å². The average molecular weight is 296 g/mol. The molecule has 1 heterocycles. The molecule has 6 heteroatoms. The van der Waals surface area contributed by atoms with Crippen LogP contribution in [0.15, 0.2) is 59.8 Å². The van der Waals surface area contributed by atoms with E-state index in [9.17, 15) is 9.59 Å². The van der Waals surface area contributed by atoms with Crippen LogP contribution in [-0.2, 0) is 4.79 Å². The Balaban J connectivity index is 1.85. The molecule has 0 saturated carbocycles. The number of carbonyl (C=O) groups excluding carboxylic acids is 2. The van der Waals surface area contributed by atoms with Gasteiger partial charge >= 0.3 is 0 Å². The number of benzene rings is 1. The Morgan fingerprint density at radius 3 is 2.50 bits per heavy atom. The van der Waals surface area contributed by atoms with Gasteiger partial charge in [-0.25, -0.2) is 10.4 Å². The number of pyridine rings is 1. The molecule has 2 N–H and O–H groups in total. The van der Waals surface area contributed by atoms with Crippen molar-refractivity contribution in [2.45, 2.75) is 13.3 Å². The lowest BCUT2D eigenvalue weighted by atomic mass is 10.2. The van der Waals surface area contributed by atoms with Crippen molar-refractivity contribution in [2.24, 2.45) is 5.10 Å². The van der Waals surface area contributed by atoms with Crippen LogP contribution in [0.25, 0.3) is 0 Å². The van der Waals surface area contributed by atoms with Gasteiger partial charge in [-0.05, 0) is 31.2 Å². The van der Waals surface area contributed by atoms with E-state index in [1.807, 2.05) is 6.07 Å². The van der Waals surface area contributed by atoms with Gasteiger partial charge in [0.15, 0.2) is 0 Å². The van der Waals surface area contributed by atoms with Gasteiger partial charge in [-0.2, -0.15) is 5.10 Å². The van der Waals surface area contributed by atoms with Crippen LogP contribution in [0.4, 0.5) is 5.82 Å². The van der Waals surface area contributed by atoms with E-state index in [-0.39, 0.29) is 18.2 Å². The van der Waals surface area contributed by atoms with Crippen molar-refractivity contribution in [3.8, 4) is 0 Å². The van der Waals surface area contributed by atoms with Crippen LogP contribution in [0.5, 0.6) is 0 Å².